The molecule has 3 aromatic rings. The molecule has 23 heavy (non-hydrogen) atoms. The van der Waals surface area contributed by atoms with Crippen LogP contribution in [-0.2, 0) is 0 Å². The van der Waals surface area contributed by atoms with Gasteiger partial charge < -0.3 is 4.74 Å². The van der Waals surface area contributed by atoms with Crippen molar-refractivity contribution in [2.24, 2.45) is 0 Å². The quantitative estimate of drug-likeness (QED) is 0.507. The van der Waals surface area contributed by atoms with Crippen molar-refractivity contribution in [2.45, 2.75) is 0 Å². The van der Waals surface area contributed by atoms with Crippen molar-refractivity contribution in [3.05, 3.63) is 69.3 Å². The predicted molar refractivity (Wildman–Crippen MR) is 89.9 cm³/mol. The van der Waals surface area contributed by atoms with E-state index >= 15 is 0 Å². The maximum absolute atomic E-state index is 10.7. The van der Waals surface area contributed by atoms with Crippen molar-refractivity contribution >= 4 is 21.6 Å². The molecule has 0 aliphatic rings. The third kappa shape index (κ3) is 3.09. The summed E-state index contributed by atoms with van der Waals surface area (Å²) in [5, 5.41) is 15.3. The molecule has 6 nitrogen and oxygen atoms in total. The summed E-state index contributed by atoms with van der Waals surface area (Å²) >= 11 is 3.48. The van der Waals surface area contributed by atoms with E-state index in [0.717, 1.165) is 27.2 Å². The molecule has 0 saturated heterocycles. The molecule has 0 aliphatic carbocycles. The fraction of sp³-hybridized carbons (Fsp3) is 0.0625. The summed E-state index contributed by atoms with van der Waals surface area (Å²) in [6, 6.07) is 13.8. The summed E-state index contributed by atoms with van der Waals surface area (Å²) < 4.78 is 7.68. The molecule has 0 amide bonds. The van der Waals surface area contributed by atoms with E-state index in [1.54, 1.807) is 23.9 Å². The normalized spacial score (nSPS) is 10.5. The third-order valence-electron chi connectivity index (χ3n) is 3.36. The highest BCUT2D eigenvalue weighted by molar-refractivity contribution is 9.10. The maximum Gasteiger partial charge on any atom is 0.269 e. The molecule has 2 aromatic carbocycles. The van der Waals surface area contributed by atoms with E-state index in [1.165, 1.54) is 12.1 Å². The van der Waals surface area contributed by atoms with E-state index in [1.807, 2.05) is 30.5 Å². The number of benzene rings is 2. The molecule has 0 atom stereocenters. The number of halogens is 1. The molecule has 1 aromatic heterocycles. The summed E-state index contributed by atoms with van der Waals surface area (Å²) in [6.45, 7) is 0. The first-order valence-corrected chi connectivity index (χ1v) is 7.52. The average Bonchev–Trinajstić information content (AvgIpc) is 2.97. The number of hydrogen-bond donors (Lipinski definition) is 0. The smallest absolute Gasteiger partial charge is 0.269 e. The zero-order valence-electron chi connectivity index (χ0n) is 12.1. The Kier molecular flexibility index (Phi) is 4.12. The molecule has 0 saturated carbocycles. The van der Waals surface area contributed by atoms with E-state index in [9.17, 15) is 10.1 Å². The topological polar surface area (TPSA) is 70.2 Å². The van der Waals surface area contributed by atoms with E-state index in [0.29, 0.717) is 0 Å². The van der Waals surface area contributed by atoms with Crippen molar-refractivity contribution in [3.63, 3.8) is 0 Å². The molecule has 3 rings (SSSR count). The highest BCUT2D eigenvalue weighted by Gasteiger charge is 2.12. The molecule has 0 fully saturated rings. The largest absolute Gasteiger partial charge is 0.497 e. The van der Waals surface area contributed by atoms with Crippen LogP contribution in [0.25, 0.3) is 16.9 Å². The van der Waals surface area contributed by atoms with Crippen LogP contribution < -0.4 is 4.74 Å². The van der Waals surface area contributed by atoms with E-state index in [-0.39, 0.29) is 5.69 Å². The van der Waals surface area contributed by atoms with Gasteiger partial charge in [0.15, 0.2) is 0 Å². The van der Waals surface area contributed by atoms with Gasteiger partial charge in [0, 0.05) is 23.9 Å². The van der Waals surface area contributed by atoms with Gasteiger partial charge in [-0.05, 0) is 52.3 Å². The van der Waals surface area contributed by atoms with Gasteiger partial charge in [-0.3, -0.25) is 10.1 Å². The number of hydrogen-bond acceptors (Lipinski definition) is 4. The molecule has 1 heterocycles. The van der Waals surface area contributed by atoms with Crippen molar-refractivity contribution in [1.29, 1.82) is 0 Å². The molecule has 0 unspecified atom stereocenters. The molecule has 0 spiro atoms. The van der Waals surface area contributed by atoms with Crippen molar-refractivity contribution in [1.82, 2.24) is 9.78 Å². The van der Waals surface area contributed by atoms with Crippen LogP contribution in [0.15, 0.2) is 59.2 Å². The van der Waals surface area contributed by atoms with Crippen LogP contribution in [0.1, 0.15) is 0 Å². The van der Waals surface area contributed by atoms with Gasteiger partial charge in [0.05, 0.1) is 22.2 Å². The van der Waals surface area contributed by atoms with Crippen LogP contribution in [0, 0.1) is 10.1 Å². The highest BCUT2D eigenvalue weighted by atomic mass is 79.9. The number of ether oxygens (including phenoxy) is 1. The molecule has 0 radical (unpaired) electrons. The van der Waals surface area contributed by atoms with Crippen molar-refractivity contribution < 1.29 is 9.66 Å². The van der Waals surface area contributed by atoms with Gasteiger partial charge in [-0.2, -0.15) is 5.10 Å². The number of methoxy groups -OCH3 is 1. The minimum Gasteiger partial charge on any atom is -0.497 e. The third-order valence-corrected chi connectivity index (χ3v) is 3.94. The lowest BCUT2D eigenvalue weighted by atomic mass is 10.1. The number of nitro benzene ring substituents is 1. The summed E-state index contributed by atoms with van der Waals surface area (Å²) in [6.07, 6.45) is 1.85. The van der Waals surface area contributed by atoms with Gasteiger partial charge in [0.25, 0.3) is 5.69 Å². The lowest BCUT2D eigenvalue weighted by Gasteiger charge is -2.03. The van der Waals surface area contributed by atoms with Crippen LogP contribution in [0.2, 0.25) is 0 Å². The summed E-state index contributed by atoms with van der Waals surface area (Å²) in [4.78, 5) is 10.3. The first-order valence-electron chi connectivity index (χ1n) is 6.73. The minimum atomic E-state index is -0.422. The molecule has 116 valence electrons. The van der Waals surface area contributed by atoms with Gasteiger partial charge in [0.2, 0.25) is 0 Å². The van der Waals surface area contributed by atoms with E-state index in [2.05, 4.69) is 21.0 Å². The fourth-order valence-electron chi connectivity index (χ4n) is 2.16. The number of nitro groups is 1. The maximum atomic E-state index is 10.7. The average molecular weight is 374 g/mol. The Morgan fingerprint density at radius 3 is 2.35 bits per heavy atom. The molecule has 0 bridgehead atoms. The molecular weight excluding hydrogens is 362 g/mol. The highest BCUT2D eigenvalue weighted by Crippen LogP contribution is 2.29. The number of rotatable bonds is 4. The SMILES string of the molecule is COc1ccc(-n2cc(Br)c(-c3ccc([N+](=O)[O-])cc3)n2)cc1. The molecule has 7 heteroatoms. The Labute approximate surface area is 140 Å². The number of non-ortho nitro benzene ring substituents is 1. The summed E-state index contributed by atoms with van der Waals surface area (Å²) in [7, 11) is 1.62. The Morgan fingerprint density at radius 2 is 1.78 bits per heavy atom. The standard InChI is InChI=1S/C16H12BrN3O3/c1-23-14-8-6-12(7-9-14)19-10-15(17)16(18-19)11-2-4-13(5-3-11)20(21)22/h2-10H,1H3. The Hall–Kier alpha value is -2.67. The first kappa shape index (κ1) is 15.2. The Balaban J connectivity index is 1.95. The van der Waals surface area contributed by atoms with Gasteiger partial charge in [-0.25, -0.2) is 4.68 Å². The fourth-order valence-corrected chi connectivity index (χ4v) is 2.66. The zero-order valence-corrected chi connectivity index (χ0v) is 13.7. The van der Waals surface area contributed by atoms with Crippen LogP contribution in [0.5, 0.6) is 5.75 Å². The minimum absolute atomic E-state index is 0.0551. The Morgan fingerprint density at radius 1 is 1.13 bits per heavy atom. The van der Waals surface area contributed by atoms with Gasteiger partial charge in [-0.15, -0.1) is 0 Å². The van der Waals surface area contributed by atoms with Crippen molar-refractivity contribution in [2.75, 3.05) is 7.11 Å². The van der Waals surface area contributed by atoms with E-state index < -0.39 is 4.92 Å². The van der Waals surface area contributed by atoms with Gasteiger partial charge >= 0.3 is 0 Å². The lowest BCUT2D eigenvalue weighted by Crippen LogP contribution is -1.95. The number of nitrogens with zero attached hydrogens (tertiary/aromatic N) is 3. The Bertz CT molecular complexity index is 842. The molecule has 0 N–H and O–H groups in total. The second-order valence-corrected chi connectivity index (χ2v) is 5.63. The first-order chi connectivity index (χ1) is 11.1. The summed E-state index contributed by atoms with van der Waals surface area (Å²) in [5.41, 5.74) is 2.46. The molecule has 0 aliphatic heterocycles. The molecular formula is C16H12BrN3O3. The van der Waals surface area contributed by atoms with Crippen LogP contribution in [0.3, 0.4) is 0 Å². The lowest BCUT2D eigenvalue weighted by molar-refractivity contribution is -0.384. The van der Waals surface area contributed by atoms with Crippen molar-refractivity contribution in [3.8, 4) is 22.7 Å². The zero-order chi connectivity index (χ0) is 16.4. The van der Waals surface area contributed by atoms with Gasteiger partial charge in [0.1, 0.15) is 11.4 Å². The number of aromatic nitrogens is 2. The van der Waals surface area contributed by atoms with Crippen LogP contribution >= 0.6 is 15.9 Å². The van der Waals surface area contributed by atoms with Crippen LogP contribution in [-0.4, -0.2) is 21.8 Å². The van der Waals surface area contributed by atoms with E-state index in [4.69, 9.17) is 4.74 Å². The summed E-state index contributed by atoms with van der Waals surface area (Å²) in [5.74, 6) is 0.774. The van der Waals surface area contributed by atoms with Gasteiger partial charge in [-0.1, -0.05) is 0 Å². The monoisotopic (exact) mass is 373 g/mol. The predicted octanol–water partition coefficient (Wildman–Crippen LogP) is 4.22. The van der Waals surface area contributed by atoms with Crippen LogP contribution in [0.4, 0.5) is 5.69 Å². The second kappa shape index (κ2) is 6.21. The second-order valence-electron chi connectivity index (χ2n) is 4.77.